The summed E-state index contributed by atoms with van der Waals surface area (Å²) in [4.78, 5) is 115. The Hall–Kier alpha value is -7.74. The summed E-state index contributed by atoms with van der Waals surface area (Å²) in [5.41, 5.74) is 0.555. The van der Waals surface area contributed by atoms with E-state index in [0.717, 1.165) is 10.6 Å². The number of hydrogen-bond donors (Lipinski definition) is 5. The molecule has 542 valence electrons. The standard InChI is InChI=1S/C68H93F5N8O16S/c1-11-42(4)60(49(90-9)39-52(84)81-28-15-18-48(81)61(91-10)43(5)63(86)77-47(64-75-27-37-98-64)38-44-16-13-12-14-17-44)80(8)65(87)59(41(2)3)78-66(88)68(6,7)79-67(89)96-40-45-19-21-46(22-20-45)76-51(83)24-30-93-35-36-95-32-26-74-50(82)23-29-92-33-34-94-31-25-53(85)97-62-57(72)55(70)54(69)56(71)58(62)73/h12-14,16-17,19-22,27,37,41-43,47-49,59-61H,11,15,18,23-26,28-36,38-40H2,1-10H3,(H,74,82)(H,76,83)(H,77,86)(H,78,88)(H,79,89). The average Bonchev–Trinajstić information content (AvgIpc) is 0.879. The van der Waals surface area contributed by atoms with Gasteiger partial charge >= 0.3 is 12.1 Å². The molecule has 3 aromatic carbocycles. The molecule has 0 bridgehead atoms. The number of ether oxygens (including phenoxy) is 8. The smallest absolute Gasteiger partial charge is 0.408 e. The van der Waals surface area contributed by atoms with Crippen LogP contribution in [0.4, 0.5) is 32.4 Å². The van der Waals surface area contributed by atoms with Crippen LogP contribution in [0, 0.1) is 46.8 Å². The summed E-state index contributed by atoms with van der Waals surface area (Å²) >= 11 is 1.47. The van der Waals surface area contributed by atoms with Gasteiger partial charge in [0, 0.05) is 58.0 Å². The van der Waals surface area contributed by atoms with Crippen molar-refractivity contribution in [3.05, 3.63) is 111 Å². The topological polar surface area (TPSA) is 290 Å². The molecule has 0 saturated carbocycles. The lowest BCUT2D eigenvalue weighted by molar-refractivity contribution is -0.148. The molecule has 0 spiro atoms. The van der Waals surface area contributed by atoms with Crippen LogP contribution in [0.2, 0.25) is 0 Å². The first-order valence-electron chi connectivity index (χ1n) is 32.5. The van der Waals surface area contributed by atoms with Crippen molar-refractivity contribution in [3.8, 4) is 5.75 Å². The molecular formula is C68H93F5N8O16S. The second-order valence-corrected chi connectivity index (χ2v) is 25.3. The van der Waals surface area contributed by atoms with Crippen molar-refractivity contribution in [1.29, 1.82) is 0 Å². The van der Waals surface area contributed by atoms with Crippen LogP contribution in [0.25, 0.3) is 0 Å². The molecule has 7 amide bonds. The Morgan fingerprint density at radius 1 is 0.735 bits per heavy atom. The van der Waals surface area contributed by atoms with Gasteiger partial charge in [0.15, 0.2) is 0 Å². The number of anilines is 1. The lowest BCUT2D eigenvalue weighted by atomic mass is 9.89. The summed E-state index contributed by atoms with van der Waals surface area (Å²) in [7, 11) is 4.69. The van der Waals surface area contributed by atoms with Crippen molar-refractivity contribution >= 4 is 64.5 Å². The summed E-state index contributed by atoms with van der Waals surface area (Å²) in [6.45, 7) is 13.1. The molecule has 24 nitrogen and oxygen atoms in total. The van der Waals surface area contributed by atoms with Crippen LogP contribution < -0.4 is 31.3 Å². The van der Waals surface area contributed by atoms with E-state index in [2.05, 4.69) is 36.3 Å². The lowest BCUT2D eigenvalue weighted by Crippen LogP contribution is -2.62. The maximum Gasteiger partial charge on any atom is 0.408 e. The minimum Gasteiger partial charge on any atom is -0.445 e. The Morgan fingerprint density at radius 2 is 1.34 bits per heavy atom. The number of likely N-dealkylation sites (N-methyl/N-ethyl adjacent to an activating group) is 1. The van der Waals surface area contributed by atoms with Crippen LogP contribution in [0.3, 0.4) is 0 Å². The van der Waals surface area contributed by atoms with E-state index >= 15 is 0 Å². The Morgan fingerprint density at radius 3 is 1.92 bits per heavy atom. The van der Waals surface area contributed by atoms with Crippen LogP contribution in [-0.2, 0) is 79.7 Å². The fraction of sp³-hybridized carbons (Fsp3) is 0.574. The molecule has 1 aliphatic heterocycles. The first-order chi connectivity index (χ1) is 46.7. The number of halogens is 5. The van der Waals surface area contributed by atoms with Crippen LogP contribution in [-0.4, -0.2) is 185 Å². The molecule has 30 heteroatoms. The number of carbonyl (C=O) groups is 8. The van der Waals surface area contributed by atoms with Crippen LogP contribution in [0.1, 0.15) is 116 Å². The highest BCUT2D eigenvalue weighted by Crippen LogP contribution is 2.32. The number of likely N-dealkylation sites (tertiary alicyclic amines) is 1. The van der Waals surface area contributed by atoms with E-state index in [4.69, 9.17) is 33.2 Å². The number of alkyl carbamates (subject to hydrolysis) is 1. The van der Waals surface area contributed by atoms with E-state index in [-0.39, 0.29) is 121 Å². The van der Waals surface area contributed by atoms with Gasteiger partial charge in [0.2, 0.25) is 70.3 Å². The second-order valence-electron chi connectivity index (χ2n) is 24.4. The average molecular weight is 1410 g/mol. The van der Waals surface area contributed by atoms with E-state index in [1.165, 1.54) is 32.3 Å². The Balaban J connectivity index is 0.965. The van der Waals surface area contributed by atoms with Gasteiger partial charge in [-0.3, -0.25) is 33.6 Å². The van der Waals surface area contributed by atoms with Crippen molar-refractivity contribution in [1.82, 2.24) is 36.1 Å². The molecule has 8 atom stereocenters. The molecule has 5 rings (SSSR count). The van der Waals surface area contributed by atoms with E-state index < -0.39 is 113 Å². The SMILES string of the molecule is CCC(C)C(C(CC(=O)N1CCCC1C(OC)C(C)C(=O)NC(Cc1ccccc1)c1nccs1)OC)N(C)C(=O)C(NC(=O)C(C)(C)NC(=O)OCc1ccc(NC(=O)CCOCCOCCNC(=O)CCOCCOCCC(=O)Oc2c(F)c(F)c(F)c(F)c2F)cc1)C(C)C. The van der Waals surface area contributed by atoms with Gasteiger partial charge in [0.05, 0.1) is 108 Å². The molecule has 5 N–H and O–H groups in total. The number of rotatable bonds is 42. The van der Waals surface area contributed by atoms with Gasteiger partial charge < -0.3 is 74.3 Å². The largest absolute Gasteiger partial charge is 0.445 e. The first kappa shape index (κ1) is 80.9. The zero-order valence-electron chi connectivity index (χ0n) is 57.2. The minimum absolute atomic E-state index is 0.00997. The predicted molar refractivity (Wildman–Crippen MR) is 351 cm³/mol. The number of carbonyl (C=O) groups excluding carboxylic acids is 8. The number of benzene rings is 3. The maximum absolute atomic E-state index is 14.6. The molecule has 1 aromatic heterocycles. The van der Waals surface area contributed by atoms with Crippen LogP contribution >= 0.6 is 11.3 Å². The van der Waals surface area contributed by atoms with Gasteiger partial charge in [-0.2, -0.15) is 8.78 Å². The second kappa shape index (κ2) is 41.0. The number of amides is 7. The monoisotopic (exact) mass is 1400 g/mol. The molecule has 4 aromatic rings. The van der Waals surface area contributed by atoms with E-state index in [9.17, 15) is 60.3 Å². The summed E-state index contributed by atoms with van der Waals surface area (Å²) in [5.74, 6) is -17.8. The highest BCUT2D eigenvalue weighted by atomic mass is 32.1. The van der Waals surface area contributed by atoms with Gasteiger partial charge in [0.25, 0.3) is 0 Å². The zero-order chi connectivity index (χ0) is 72.1. The normalized spacial score (nSPS) is 15.3. The fourth-order valence-corrected chi connectivity index (χ4v) is 11.5. The number of nitrogens with zero attached hydrogens (tertiary/aromatic N) is 3. The third-order valence-corrected chi connectivity index (χ3v) is 17.4. The predicted octanol–water partition coefficient (Wildman–Crippen LogP) is 7.90. The van der Waals surface area contributed by atoms with Gasteiger partial charge in [-0.25, -0.2) is 22.9 Å². The number of aromatic nitrogens is 1. The van der Waals surface area contributed by atoms with Crippen molar-refractivity contribution in [3.63, 3.8) is 0 Å². The van der Waals surface area contributed by atoms with E-state index in [1.54, 1.807) is 68.3 Å². The molecule has 8 unspecified atom stereocenters. The van der Waals surface area contributed by atoms with Gasteiger partial charge in [-0.05, 0) is 68.2 Å². The molecule has 2 heterocycles. The fourth-order valence-electron chi connectivity index (χ4n) is 10.8. The number of esters is 1. The van der Waals surface area contributed by atoms with Gasteiger partial charge in [-0.1, -0.05) is 83.5 Å². The highest BCUT2D eigenvalue weighted by molar-refractivity contribution is 7.09. The number of hydrogen-bond acceptors (Lipinski definition) is 18. The molecule has 0 radical (unpaired) electrons. The lowest BCUT2D eigenvalue weighted by Gasteiger charge is -2.41. The summed E-state index contributed by atoms with van der Waals surface area (Å²) < 4.78 is 110. The van der Waals surface area contributed by atoms with Crippen molar-refractivity contribution in [2.45, 2.75) is 148 Å². The quantitative estimate of drug-likeness (QED) is 0.00703. The Labute approximate surface area is 572 Å². The molecular weight excluding hydrogens is 1310 g/mol. The first-order valence-corrected chi connectivity index (χ1v) is 33.4. The summed E-state index contributed by atoms with van der Waals surface area (Å²) in [5, 5.41) is 16.7. The molecule has 1 aliphatic rings. The van der Waals surface area contributed by atoms with Crippen LogP contribution in [0.15, 0.2) is 66.2 Å². The van der Waals surface area contributed by atoms with Crippen molar-refractivity contribution < 1.29 is 98.2 Å². The highest BCUT2D eigenvalue weighted by Gasteiger charge is 2.44. The molecule has 98 heavy (non-hydrogen) atoms. The third-order valence-electron chi connectivity index (χ3n) is 16.5. The van der Waals surface area contributed by atoms with Crippen molar-refractivity contribution in [2.24, 2.45) is 17.8 Å². The minimum atomic E-state index is -2.39. The van der Waals surface area contributed by atoms with Crippen LogP contribution in [0.5, 0.6) is 5.75 Å². The van der Waals surface area contributed by atoms with Gasteiger partial charge in [0.1, 0.15) is 23.2 Å². The zero-order valence-corrected chi connectivity index (χ0v) is 58.0. The van der Waals surface area contributed by atoms with E-state index in [1.807, 2.05) is 56.5 Å². The number of nitrogens with one attached hydrogen (secondary N) is 5. The maximum atomic E-state index is 14.6. The molecule has 1 saturated heterocycles. The third kappa shape index (κ3) is 24.9. The van der Waals surface area contributed by atoms with Crippen molar-refractivity contribution in [2.75, 3.05) is 92.5 Å². The summed E-state index contributed by atoms with van der Waals surface area (Å²) in [6, 6.07) is 14.0. The molecule has 1 fully saturated rings. The molecule has 0 aliphatic carbocycles. The Bertz CT molecular complexity index is 3190. The number of thiazole rings is 1. The van der Waals surface area contributed by atoms with Gasteiger partial charge in [-0.15, -0.1) is 11.3 Å². The Kier molecular flexibility index (Phi) is 33.8. The van der Waals surface area contributed by atoms with E-state index in [0.29, 0.717) is 43.5 Å². The summed E-state index contributed by atoms with van der Waals surface area (Å²) in [6.07, 6.45) is 1.34. The number of methoxy groups -OCH3 is 2.